The summed E-state index contributed by atoms with van der Waals surface area (Å²) in [5.74, 6) is -0.690. The number of amides is 3. The van der Waals surface area contributed by atoms with E-state index in [0.29, 0.717) is 17.2 Å². The van der Waals surface area contributed by atoms with E-state index in [1.807, 2.05) is 36.4 Å². The van der Waals surface area contributed by atoms with Crippen molar-refractivity contribution in [2.45, 2.75) is 22.6 Å². The van der Waals surface area contributed by atoms with Crippen molar-refractivity contribution < 1.29 is 23.9 Å². The number of carbonyl (C=O) groups is 3. The number of ether oxygens (including phenoxy) is 2. The minimum Gasteiger partial charge on any atom is -0.493 e. The SMILES string of the molecule is COc1ccc([C@@H]2c3sc(=O)[nH]c3S[C@@H]3[C@@H]4C[C@H]([C@H]5C(=O)N(CC(=O)Nc6ccccc6)C(=O)[C@H]45)[C@H]23)cc1OC. The zero-order valence-electron chi connectivity index (χ0n) is 21.8. The fraction of sp³-hybridized carbons (Fsp3) is 0.379. The van der Waals surface area contributed by atoms with Crippen LogP contribution < -0.4 is 19.7 Å². The molecule has 7 rings (SSSR count). The largest absolute Gasteiger partial charge is 0.493 e. The number of thioether (sulfide) groups is 1. The average Bonchev–Trinajstić information content (AvgIpc) is 3.69. The van der Waals surface area contributed by atoms with Crippen LogP contribution in [0.15, 0.2) is 58.4 Å². The van der Waals surface area contributed by atoms with Crippen LogP contribution in [0.1, 0.15) is 22.8 Å². The molecule has 0 spiro atoms. The van der Waals surface area contributed by atoms with Crippen molar-refractivity contribution in [2.75, 3.05) is 26.1 Å². The van der Waals surface area contributed by atoms with Gasteiger partial charge >= 0.3 is 4.87 Å². The number of methoxy groups -OCH3 is 2. The normalized spacial score (nSPS) is 29.6. The number of para-hydroxylation sites is 1. The van der Waals surface area contributed by atoms with E-state index >= 15 is 0 Å². The number of fused-ring (bicyclic) bond motifs is 9. The molecular formula is C29H27N3O6S2. The molecule has 9 nitrogen and oxygen atoms in total. The second kappa shape index (κ2) is 9.52. The van der Waals surface area contributed by atoms with Gasteiger partial charge in [0, 0.05) is 21.7 Å². The van der Waals surface area contributed by atoms with Crippen molar-refractivity contribution in [3.63, 3.8) is 0 Å². The Morgan fingerprint density at radius 1 is 1.00 bits per heavy atom. The van der Waals surface area contributed by atoms with Crippen molar-refractivity contribution in [2.24, 2.45) is 29.6 Å². The molecule has 2 aliphatic carbocycles. The highest BCUT2D eigenvalue weighted by Crippen LogP contribution is 2.68. The molecule has 7 atom stereocenters. The predicted molar refractivity (Wildman–Crippen MR) is 150 cm³/mol. The Hall–Kier alpha value is -3.57. The van der Waals surface area contributed by atoms with Gasteiger partial charge in [-0.25, -0.2) is 0 Å². The average molecular weight is 578 g/mol. The molecule has 3 fully saturated rings. The van der Waals surface area contributed by atoms with Gasteiger partial charge in [0.25, 0.3) is 0 Å². The summed E-state index contributed by atoms with van der Waals surface area (Å²) in [4.78, 5) is 57.7. The first-order valence-corrected chi connectivity index (χ1v) is 14.9. The third kappa shape index (κ3) is 3.74. The monoisotopic (exact) mass is 577 g/mol. The lowest BCUT2D eigenvalue weighted by Gasteiger charge is -2.43. The van der Waals surface area contributed by atoms with Crippen LogP contribution in [0, 0.1) is 29.6 Å². The summed E-state index contributed by atoms with van der Waals surface area (Å²) in [5, 5.41) is 3.69. The van der Waals surface area contributed by atoms with Crippen molar-refractivity contribution in [1.82, 2.24) is 9.88 Å². The smallest absolute Gasteiger partial charge is 0.305 e. The van der Waals surface area contributed by atoms with E-state index in [2.05, 4.69) is 10.3 Å². The third-order valence-corrected chi connectivity index (χ3v) is 11.5. The number of thiazole rings is 1. The van der Waals surface area contributed by atoms with Gasteiger partial charge in [0.2, 0.25) is 17.7 Å². The van der Waals surface area contributed by atoms with Crippen LogP contribution in [0.4, 0.5) is 5.69 Å². The molecule has 40 heavy (non-hydrogen) atoms. The number of imide groups is 1. The summed E-state index contributed by atoms with van der Waals surface area (Å²) >= 11 is 2.84. The minimum absolute atomic E-state index is 0.0113. The second-order valence-corrected chi connectivity index (χ2v) is 13.0. The molecule has 2 bridgehead atoms. The fourth-order valence-electron chi connectivity index (χ4n) is 7.52. The first kappa shape index (κ1) is 25.4. The van der Waals surface area contributed by atoms with Gasteiger partial charge in [0.05, 0.1) is 31.1 Å². The van der Waals surface area contributed by atoms with Crippen LogP contribution in [-0.4, -0.2) is 53.6 Å². The lowest BCUT2D eigenvalue weighted by atomic mass is 9.68. The zero-order chi connectivity index (χ0) is 27.7. The Labute approximate surface area is 238 Å². The van der Waals surface area contributed by atoms with Crippen LogP contribution in [0.2, 0.25) is 0 Å². The molecule has 1 aromatic heterocycles. The zero-order valence-corrected chi connectivity index (χ0v) is 23.4. The number of hydrogen-bond acceptors (Lipinski definition) is 8. The summed E-state index contributed by atoms with van der Waals surface area (Å²) in [5.41, 5.74) is 1.61. The summed E-state index contributed by atoms with van der Waals surface area (Å²) in [6, 6.07) is 14.8. The van der Waals surface area contributed by atoms with E-state index in [4.69, 9.17) is 9.47 Å². The molecule has 3 heterocycles. The fourth-order valence-corrected chi connectivity index (χ4v) is 10.4. The van der Waals surface area contributed by atoms with E-state index in [1.54, 1.807) is 38.1 Å². The number of carbonyl (C=O) groups excluding carboxylic acids is 3. The molecule has 206 valence electrons. The van der Waals surface area contributed by atoms with Crippen LogP contribution in [0.5, 0.6) is 11.5 Å². The summed E-state index contributed by atoms with van der Waals surface area (Å²) in [7, 11) is 3.18. The number of nitrogens with one attached hydrogen (secondary N) is 2. The van der Waals surface area contributed by atoms with Gasteiger partial charge in [-0.1, -0.05) is 35.6 Å². The summed E-state index contributed by atoms with van der Waals surface area (Å²) < 4.78 is 11.0. The number of aromatic nitrogens is 1. The summed E-state index contributed by atoms with van der Waals surface area (Å²) in [6.07, 6.45) is 0.780. The number of H-pyrrole nitrogens is 1. The molecular weight excluding hydrogens is 550 g/mol. The first-order valence-electron chi connectivity index (χ1n) is 13.2. The van der Waals surface area contributed by atoms with E-state index in [9.17, 15) is 19.2 Å². The van der Waals surface area contributed by atoms with Crippen LogP contribution in [0.25, 0.3) is 0 Å². The number of likely N-dealkylation sites (tertiary alicyclic amines) is 1. The summed E-state index contributed by atoms with van der Waals surface area (Å²) in [6.45, 7) is -0.290. The Balaban J connectivity index is 1.22. The highest BCUT2D eigenvalue weighted by Gasteiger charge is 2.69. The number of nitrogens with zero attached hydrogens (tertiary/aromatic N) is 1. The molecule has 3 aromatic rings. The Bertz CT molecular complexity index is 1590. The van der Waals surface area contributed by atoms with Gasteiger partial charge in [0.1, 0.15) is 6.54 Å². The number of rotatable bonds is 6. The van der Waals surface area contributed by atoms with Crippen molar-refractivity contribution in [3.05, 3.63) is 68.6 Å². The molecule has 2 aliphatic heterocycles. The minimum atomic E-state index is -0.455. The van der Waals surface area contributed by atoms with Crippen molar-refractivity contribution >= 4 is 46.5 Å². The van der Waals surface area contributed by atoms with Gasteiger partial charge in [-0.2, -0.15) is 0 Å². The van der Waals surface area contributed by atoms with Gasteiger partial charge in [0.15, 0.2) is 11.5 Å². The number of benzene rings is 2. The molecule has 3 amide bonds. The quantitative estimate of drug-likeness (QED) is 0.430. The maximum absolute atomic E-state index is 13.8. The van der Waals surface area contributed by atoms with E-state index in [-0.39, 0.29) is 52.2 Å². The molecule has 4 aliphatic rings. The van der Waals surface area contributed by atoms with Gasteiger partial charge in [-0.15, -0.1) is 11.8 Å². The first-order chi connectivity index (χ1) is 19.4. The van der Waals surface area contributed by atoms with Crippen molar-refractivity contribution in [1.29, 1.82) is 0 Å². The van der Waals surface area contributed by atoms with E-state index < -0.39 is 17.7 Å². The molecule has 2 saturated carbocycles. The molecule has 11 heteroatoms. The number of aromatic amines is 1. The lowest BCUT2D eigenvalue weighted by Crippen LogP contribution is -2.42. The highest BCUT2D eigenvalue weighted by molar-refractivity contribution is 8.00. The lowest BCUT2D eigenvalue weighted by molar-refractivity contribution is -0.143. The predicted octanol–water partition coefficient (Wildman–Crippen LogP) is 3.57. The molecule has 0 unspecified atom stereocenters. The van der Waals surface area contributed by atoms with Crippen LogP contribution in [-0.2, 0) is 14.4 Å². The van der Waals surface area contributed by atoms with Gasteiger partial charge in [-0.05, 0) is 54.0 Å². The Morgan fingerprint density at radius 2 is 1.73 bits per heavy atom. The van der Waals surface area contributed by atoms with Crippen LogP contribution in [0.3, 0.4) is 0 Å². The Kier molecular flexibility index (Phi) is 6.04. The second-order valence-electron chi connectivity index (χ2n) is 10.8. The van der Waals surface area contributed by atoms with Gasteiger partial charge < -0.3 is 19.8 Å². The van der Waals surface area contributed by atoms with Crippen molar-refractivity contribution in [3.8, 4) is 11.5 Å². The van der Waals surface area contributed by atoms with E-state index in [0.717, 1.165) is 26.8 Å². The highest BCUT2D eigenvalue weighted by atomic mass is 32.2. The Morgan fingerprint density at radius 3 is 2.45 bits per heavy atom. The molecule has 2 aromatic carbocycles. The maximum Gasteiger partial charge on any atom is 0.305 e. The number of hydrogen-bond donors (Lipinski definition) is 2. The third-order valence-electron chi connectivity index (χ3n) is 8.94. The van der Waals surface area contributed by atoms with Crippen LogP contribution >= 0.6 is 23.1 Å². The topological polar surface area (TPSA) is 118 Å². The molecule has 1 saturated heterocycles. The maximum atomic E-state index is 13.8. The molecule has 0 radical (unpaired) electrons. The van der Waals surface area contributed by atoms with E-state index in [1.165, 1.54) is 11.3 Å². The number of anilines is 1. The van der Waals surface area contributed by atoms with Gasteiger partial charge in [-0.3, -0.25) is 24.1 Å². The standard InChI is InChI=1S/C29H27N3O6S2/c1-37-17-9-8-13(10-18(17)38-2)20-21-15-11-16(24(21)39-26-25(20)40-29(36)31-26)23-22(15)27(34)32(28(23)35)12-19(33)30-14-6-4-3-5-7-14/h3-10,15-16,20-24H,11-12H2,1-2H3,(H,30,33)(H,31,36)/t15-,16+,20-,21+,22+,23+,24+/m0/s1. The molecule has 2 N–H and O–H groups in total.